The average molecular weight is 282 g/mol. The number of carbonyl (C=O) groups is 2. The molecule has 0 aliphatic carbocycles. The van der Waals surface area contributed by atoms with Crippen molar-refractivity contribution in [2.75, 3.05) is 13.2 Å². The Morgan fingerprint density at radius 1 is 0.550 bits per heavy atom. The van der Waals surface area contributed by atoms with Crippen LogP contribution in [-0.2, 0) is 19.1 Å². The van der Waals surface area contributed by atoms with E-state index in [1.807, 2.05) is 0 Å². The predicted molar refractivity (Wildman–Crippen MR) is 77.2 cm³/mol. The summed E-state index contributed by atoms with van der Waals surface area (Å²) in [6.45, 7) is 0.858. The highest BCUT2D eigenvalue weighted by Gasteiger charge is 2.02. The van der Waals surface area contributed by atoms with E-state index in [4.69, 9.17) is 9.47 Å². The molecule has 0 aromatic heterocycles. The van der Waals surface area contributed by atoms with E-state index in [1.54, 1.807) is 0 Å². The van der Waals surface area contributed by atoms with Gasteiger partial charge in [-0.05, 0) is 12.8 Å². The van der Waals surface area contributed by atoms with Crippen molar-refractivity contribution >= 4 is 11.9 Å². The molecule has 0 radical (unpaired) electrons. The fraction of sp³-hybridized carbons (Fsp3) is 0.750. The molecule has 0 atom stereocenters. The molecule has 0 saturated heterocycles. The van der Waals surface area contributed by atoms with Gasteiger partial charge in [0.1, 0.15) is 0 Å². The lowest BCUT2D eigenvalue weighted by atomic mass is 10.1. The van der Waals surface area contributed by atoms with Crippen LogP contribution in [0.3, 0.4) is 0 Å². The van der Waals surface area contributed by atoms with E-state index in [1.165, 1.54) is 38.5 Å². The number of cyclic esters (lactones) is 2. The summed E-state index contributed by atoms with van der Waals surface area (Å²) in [4.78, 5) is 22.6. The second-order valence-corrected chi connectivity index (χ2v) is 5.20. The third-order valence-corrected chi connectivity index (χ3v) is 3.38. The fourth-order valence-corrected chi connectivity index (χ4v) is 2.20. The van der Waals surface area contributed by atoms with Gasteiger partial charge in [0.2, 0.25) is 0 Å². The molecule has 0 aromatic carbocycles. The zero-order chi connectivity index (χ0) is 14.5. The molecule has 0 spiro atoms. The lowest BCUT2D eigenvalue weighted by Crippen LogP contribution is -2.06. The number of ether oxygens (including phenoxy) is 2. The van der Waals surface area contributed by atoms with Crippen LogP contribution in [0.5, 0.6) is 0 Å². The fourth-order valence-electron chi connectivity index (χ4n) is 2.20. The summed E-state index contributed by atoms with van der Waals surface area (Å²) in [5.74, 6) is -0.939. The first kappa shape index (κ1) is 16.7. The normalized spacial score (nSPS) is 23.0. The van der Waals surface area contributed by atoms with Crippen LogP contribution in [-0.4, -0.2) is 25.2 Å². The van der Waals surface area contributed by atoms with E-state index in [2.05, 4.69) is 0 Å². The summed E-state index contributed by atoms with van der Waals surface area (Å²) in [6.07, 6.45) is 13.8. The third-order valence-electron chi connectivity index (χ3n) is 3.38. The minimum atomic E-state index is -0.469. The van der Waals surface area contributed by atoms with E-state index >= 15 is 0 Å². The molecule has 0 bridgehead atoms. The monoisotopic (exact) mass is 282 g/mol. The first-order valence-corrected chi connectivity index (χ1v) is 7.80. The molecule has 0 fully saturated rings. The van der Waals surface area contributed by atoms with E-state index in [-0.39, 0.29) is 0 Å². The van der Waals surface area contributed by atoms with Crippen molar-refractivity contribution in [1.82, 2.24) is 0 Å². The number of rotatable bonds is 0. The summed E-state index contributed by atoms with van der Waals surface area (Å²) in [7, 11) is 0. The summed E-state index contributed by atoms with van der Waals surface area (Å²) in [5, 5.41) is 0. The molecule has 0 aromatic rings. The first-order valence-electron chi connectivity index (χ1n) is 7.80. The van der Waals surface area contributed by atoms with Crippen LogP contribution >= 0.6 is 0 Å². The van der Waals surface area contributed by atoms with Gasteiger partial charge >= 0.3 is 11.9 Å². The van der Waals surface area contributed by atoms with Gasteiger partial charge in [-0.3, -0.25) is 0 Å². The van der Waals surface area contributed by atoms with Crippen molar-refractivity contribution < 1.29 is 19.1 Å². The summed E-state index contributed by atoms with van der Waals surface area (Å²) >= 11 is 0. The number of hydrogen-bond acceptors (Lipinski definition) is 4. The van der Waals surface area contributed by atoms with Gasteiger partial charge in [-0.2, -0.15) is 0 Å². The predicted octanol–water partition coefficient (Wildman–Crippen LogP) is 3.54. The molecule has 0 amide bonds. The van der Waals surface area contributed by atoms with Gasteiger partial charge in [0.15, 0.2) is 0 Å². The molecule has 1 aliphatic heterocycles. The topological polar surface area (TPSA) is 52.6 Å². The standard InChI is InChI=1S/C16H26O4/c17-15-11-12-16(18)20-14-10-8-6-4-2-1-3-5-7-9-13-19-15/h11-12H,1-10,13-14H2/b12-11+. The Balaban J connectivity index is 2.29. The smallest absolute Gasteiger partial charge is 0.331 e. The average Bonchev–Trinajstić information content (AvgIpc) is 2.44. The molecule has 1 heterocycles. The minimum absolute atomic E-state index is 0.429. The maximum Gasteiger partial charge on any atom is 0.331 e. The van der Waals surface area contributed by atoms with Crippen molar-refractivity contribution in [3.8, 4) is 0 Å². The number of esters is 2. The van der Waals surface area contributed by atoms with Crippen molar-refractivity contribution in [2.45, 2.75) is 64.2 Å². The Bertz CT molecular complexity index is 280. The van der Waals surface area contributed by atoms with E-state index in [0.717, 1.165) is 37.8 Å². The van der Waals surface area contributed by atoms with Gasteiger partial charge in [-0.25, -0.2) is 9.59 Å². The molecule has 4 heteroatoms. The zero-order valence-corrected chi connectivity index (χ0v) is 12.3. The van der Waals surface area contributed by atoms with Gasteiger partial charge in [-0.1, -0.05) is 51.4 Å². The molecule has 0 N–H and O–H groups in total. The lowest BCUT2D eigenvalue weighted by Gasteiger charge is -2.05. The minimum Gasteiger partial charge on any atom is -0.463 e. The SMILES string of the molecule is O=C1/C=C/C(=O)OCCCCCCCCCCCCO1. The maximum atomic E-state index is 11.3. The van der Waals surface area contributed by atoms with Crippen molar-refractivity contribution in [1.29, 1.82) is 0 Å². The number of carbonyl (C=O) groups excluding carboxylic acids is 2. The Morgan fingerprint density at radius 2 is 0.850 bits per heavy atom. The summed E-state index contributed by atoms with van der Waals surface area (Å²) < 4.78 is 10.0. The van der Waals surface area contributed by atoms with Crippen molar-refractivity contribution in [3.63, 3.8) is 0 Å². The largest absolute Gasteiger partial charge is 0.463 e. The Hall–Kier alpha value is -1.32. The molecule has 0 saturated carbocycles. The molecular formula is C16H26O4. The van der Waals surface area contributed by atoms with Crippen LogP contribution in [0.2, 0.25) is 0 Å². The lowest BCUT2D eigenvalue weighted by molar-refractivity contribution is -0.140. The number of hydrogen-bond donors (Lipinski definition) is 0. The van der Waals surface area contributed by atoms with Crippen molar-refractivity contribution in [2.24, 2.45) is 0 Å². The molecular weight excluding hydrogens is 256 g/mol. The highest BCUT2D eigenvalue weighted by Crippen LogP contribution is 2.11. The Kier molecular flexibility index (Phi) is 9.62. The maximum absolute atomic E-state index is 11.3. The molecule has 1 aliphatic rings. The third kappa shape index (κ3) is 9.59. The Morgan fingerprint density at radius 3 is 1.20 bits per heavy atom. The van der Waals surface area contributed by atoms with Crippen molar-refractivity contribution in [3.05, 3.63) is 12.2 Å². The molecule has 0 unspecified atom stereocenters. The van der Waals surface area contributed by atoms with Crippen LogP contribution in [0.1, 0.15) is 64.2 Å². The second kappa shape index (κ2) is 11.5. The van der Waals surface area contributed by atoms with Crippen LogP contribution in [0.15, 0.2) is 12.2 Å². The Labute approximate surface area is 121 Å². The molecule has 4 nitrogen and oxygen atoms in total. The quantitative estimate of drug-likeness (QED) is 0.638. The first-order chi connectivity index (χ1) is 9.79. The van der Waals surface area contributed by atoms with Gasteiger partial charge in [0.05, 0.1) is 13.2 Å². The molecule has 20 heavy (non-hydrogen) atoms. The van der Waals surface area contributed by atoms with E-state index in [9.17, 15) is 9.59 Å². The highest BCUT2D eigenvalue weighted by atomic mass is 16.5. The summed E-state index contributed by atoms with van der Waals surface area (Å²) in [5.41, 5.74) is 0. The van der Waals surface area contributed by atoms with Gasteiger partial charge in [0, 0.05) is 12.2 Å². The van der Waals surface area contributed by atoms with Gasteiger partial charge < -0.3 is 9.47 Å². The van der Waals surface area contributed by atoms with E-state index < -0.39 is 11.9 Å². The highest BCUT2D eigenvalue weighted by molar-refractivity contribution is 5.91. The van der Waals surface area contributed by atoms with Gasteiger partial charge in [0.25, 0.3) is 0 Å². The molecule has 114 valence electrons. The van der Waals surface area contributed by atoms with E-state index in [0.29, 0.717) is 13.2 Å². The second-order valence-electron chi connectivity index (χ2n) is 5.20. The van der Waals surface area contributed by atoms with Crippen LogP contribution in [0, 0.1) is 0 Å². The van der Waals surface area contributed by atoms with Crippen LogP contribution in [0.25, 0.3) is 0 Å². The zero-order valence-electron chi connectivity index (χ0n) is 12.3. The molecule has 1 rings (SSSR count). The summed E-state index contributed by atoms with van der Waals surface area (Å²) in [6, 6.07) is 0. The van der Waals surface area contributed by atoms with Crippen LogP contribution < -0.4 is 0 Å². The van der Waals surface area contributed by atoms with Crippen LogP contribution in [0.4, 0.5) is 0 Å². The van der Waals surface area contributed by atoms with Gasteiger partial charge in [-0.15, -0.1) is 0 Å².